The van der Waals surface area contributed by atoms with Gasteiger partial charge in [-0.15, -0.1) is 0 Å². The van der Waals surface area contributed by atoms with Gasteiger partial charge in [0.1, 0.15) is 22.5 Å². The van der Waals surface area contributed by atoms with E-state index >= 15 is 0 Å². The van der Waals surface area contributed by atoms with Gasteiger partial charge in [-0.2, -0.15) is 0 Å². The number of nitrogens with zero attached hydrogens (tertiary/aromatic N) is 1. The Kier molecular flexibility index (Phi) is 3.82. The van der Waals surface area contributed by atoms with Crippen molar-refractivity contribution in [1.82, 2.24) is 4.98 Å². The van der Waals surface area contributed by atoms with Gasteiger partial charge < -0.3 is 9.73 Å². The van der Waals surface area contributed by atoms with Crippen LogP contribution in [0.5, 0.6) is 0 Å². The number of aromatic nitrogens is 1. The molecule has 6 heteroatoms. The summed E-state index contributed by atoms with van der Waals surface area (Å²) in [5, 5.41) is 4.00. The summed E-state index contributed by atoms with van der Waals surface area (Å²) in [7, 11) is 0. The van der Waals surface area contributed by atoms with Gasteiger partial charge in [-0.3, -0.25) is 0 Å². The molecule has 3 nitrogen and oxygen atoms in total. The highest BCUT2D eigenvalue weighted by atomic mass is 35.5. The van der Waals surface area contributed by atoms with Crippen molar-refractivity contribution < 1.29 is 4.42 Å². The van der Waals surface area contributed by atoms with Crippen molar-refractivity contribution in [2.45, 2.75) is 13.5 Å². The molecule has 2 rings (SSSR count). The van der Waals surface area contributed by atoms with E-state index in [4.69, 9.17) is 39.2 Å². The number of hydrogen-bond acceptors (Lipinski definition) is 3. The summed E-state index contributed by atoms with van der Waals surface area (Å²) < 4.78 is 5.41. The Hall–Kier alpha value is -0.900. The number of aryl methyl sites for hydroxylation is 1. The molecular formula is C11H9Cl3N2O. The van der Waals surface area contributed by atoms with E-state index in [0.717, 1.165) is 11.5 Å². The Balaban J connectivity index is 2.11. The molecule has 0 amide bonds. The van der Waals surface area contributed by atoms with Crippen LogP contribution in [-0.2, 0) is 6.54 Å². The molecule has 0 saturated heterocycles. The van der Waals surface area contributed by atoms with Crippen LogP contribution in [0.3, 0.4) is 0 Å². The van der Waals surface area contributed by atoms with Gasteiger partial charge in [-0.05, 0) is 25.1 Å². The first-order chi connectivity index (χ1) is 8.06. The van der Waals surface area contributed by atoms with E-state index in [-0.39, 0.29) is 5.15 Å². The molecule has 2 aromatic heterocycles. The van der Waals surface area contributed by atoms with E-state index < -0.39 is 0 Å². The first-order valence-electron chi connectivity index (χ1n) is 4.87. The lowest BCUT2D eigenvalue weighted by molar-refractivity contribution is 0.490. The van der Waals surface area contributed by atoms with Crippen molar-refractivity contribution in [1.29, 1.82) is 0 Å². The molecule has 0 aliphatic carbocycles. The van der Waals surface area contributed by atoms with E-state index in [0.29, 0.717) is 22.4 Å². The van der Waals surface area contributed by atoms with E-state index in [1.54, 1.807) is 6.07 Å². The molecule has 0 fully saturated rings. The molecule has 2 aromatic rings. The Bertz CT molecular complexity index is 540. The van der Waals surface area contributed by atoms with Crippen LogP contribution in [0.15, 0.2) is 22.6 Å². The average molecular weight is 292 g/mol. The van der Waals surface area contributed by atoms with Crippen LogP contribution >= 0.6 is 34.8 Å². The standard InChI is InChI=1S/C11H9Cl3N2O/c1-6-2-3-7(17-6)5-15-11-9(13)4-8(12)10(14)16-11/h2-4H,5H2,1H3,(H,15,16). The van der Waals surface area contributed by atoms with Gasteiger partial charge in [0.25, 0.3) is 0 Å². The van der Waals surface area contributed by atoms with E-state index in [2.05, 4.69) is 10.3 Å². The van der Waals surface area contributed by atoms with E-state index in [9.17, 15) is 0 Å². The first-order valence-corrected chi connectivity index (χ1v) is 6.00. The molecule has 1 N–H and O–H groups in total. The molecule has 2 heterocycles. The molecule has 0 unspecified atom stereocenters. The third-order valence-corrected chi connectivity index (χ3v) is 3.07. The Morgan fingerprint density at radius 1 is 1.24 bits per heavy atom. The number of furan rings is 1. The monoisotopic (exact) mass is 290 g/mol. The van der Waals surface area contributed by atoms with Crippen LogP contribution in [-0.4, -0.2) is 4.98 Å². The van der Waals surface area contributed by atoms with Gasteiger partial charge in [-0.1, -0.05) is 34.8 Å². The minimum Gasteiger partial charge on any atom is -0.465 e. The fourth-order valence-electron chi connectivity index (χ4n) is 1.32. The highest BCUT2D eigenvalue weighted by Crippen LogP contribution is 2.29. The molecule has 0 atom stereocenters. The highest BCUT2D eigenvalue weighted by molar-refractivity contribution is 6.42. The van der Waals surface area contributed by atoms with Crippen LogP contribution in [0.2, 0.25) is 15.2 Å². The van der Waals surface area contributed by atoms with Crippen molar-refractivity contribution in [2.24, 2.45) is 0 Å². The maximum Gasteiger partial charge on any atom is 0.150 e. The maximum absolute atomic E-state index is 5.97. The number of hydrogen-bond donors (Lipinski definition) is 1. The lowest BCUT2D eigenvalue weighted by atomic mass is 10.4. The number of halogens is 3. The van der Waals surface area contributed by atoms with Gasteiger partial charge in [-0.25, -0.2) is 4.98 Å². The zero-order chi connectivity index (χ0) is 12.4. The quantitative estimate of drug-likeness (QED) is 0.843. The third-order valence-electron chi connectivity index (χ3n) is 2.11. The van der Waals surface area contributed by atoms with Gasteiger partial charge in [0.2, 0.25) is 0 Å². The number of anilines is 1. The van der Waals surface area contributed by atoms with Crippen LogP contribution in [0.25, 0.3) is 0 Å². The maximum atomic E-state index is 5.97. The predicted molar refractivity (Wildman–Crippen MR) is 70.0 cm³/mol. The minimum atomic E-state index is 0.217. The molecule has 0 bridgehead atoms. The van der Waals surface area contributed by atoms with Crippen molar-refractivity contribution in [3.63, 3.8) is 0 Å². The minimum absolute atomic E-state index is 0.217. The molecule has 17 heavy (non-hydrogen) atoms. The fourth-order valence-corrected chi connectivity index (χ4v) is 1.88. The second-order valence-electron chi connectivity index (χ2n) is 3.46. The molecule has 0 radical (unpaired) electrons. The first kappa shape index (κ1) is 12.6. The Morgan fingerprint density at radius 3 is 2.65 bits per heavy atom. The Labute approximate surface area is 114 Å². The molecular weight excluding hydrogens is 282 g/mol. The number of pyridine rings is 1. The topological polar surface area (TPSA) is 38.1 Å². The van der Waals surface area contributed by atoms with Gasteiger partial charge in [0, 0.05) is 0 Å². The normalized spacial score (nSPS) is 10.6. The fraction of sp³-hybridized carbons (Fsp3) is 0.182. The van der Waals surface area contributed by atoms with Crippen LogP contribution in [0.1, 0.15) is 11.5 Å². The average Bonchev–Trinajstić information content (AvgIpc) is 2.68. The predicted octanol–water partition coefficient (Wildman–Crippen LogP) is 4.56. The zero-order valence-corrected chi connectivity index (χ0v) is 11.2. The van der Waals surface area contributed by atoms with Crippen molar-refractivity contribution in [2.75, 3.05) is 5.32 Å². The molecule has 0 saturated carbocycles. The summed E-state index contributed by atoms with van der Waals surface area (Å²) in [5.74, 6) is 2.14. The van der Waals surface area contributed by atoms with Crippen LogP contribution in [0, 0.1) is 6.92 Å². The second kappa shape index (κ2) is 5.17. The number of rotatable bonds is 3. The summed E-state index contributed by atoms with van der Waals surface area (Å²) in [5.41, 5.74) is 0. The van der Waals surface area contributed by atoms with Crippen molar-refractivity contribution in [3.05, 3.63) is 44.9 Å². The van der Waals surface area contributed by atoms with Crippen LogP contribution in [0.4, 0.5) is 5.82 Å². The zero-order valence-electron chi connectivity index (χ0n) is 8.93. The molecule has 90 valence electrons. The lowest BCUT2D eigenvalue weighted by Crippen LogP contribution is -2.01. The van der Waals surface area contributed by atoms with Crippen molar-refractivity contribution >= 4 is 40.6 Å². The third kappa shape index (κ3) is 3.06. The van der Waals surface area contributed by atoms with Crippen molar-refractivity contribution in [3.8, 4) is 0 Å². The Morgan fingerprint density at radius 2 is 2.00 bits per heavy atom. The van der Waals surface area contributed by atoms with Gasteiger partial charge in [0.05, 0.1) is 16.6 Å². The van der Waals surface area contributed by atoms with Gasteiger partial charge >= 0.3 is 0 Å². The molecule has 0 aliphatic heterocycles. The summed E-state index contributed by atoms with van der Waals surface area (Å²) in [6.45, 7) is 2.37. The smallest absolute Gasteiger partial charge is 0.150 e. The molecule has 0 spiro atoms. The summed E-state index contributed by atoms with van der Waals surface area (Å²) in [6, 6.07) is 5.32. The SMILES string of the molecule is Cc1ccc(CNc2nc(Cl)c(Cl)cc2Cl)o1. The van der Waals surface area contributed by atoms with Crippen LogP contribution < -0.4 is 5.32 Å². The summed E-state index contributed by atoms with van der Waals surface area (Å²) in [4.78, 5) is 4.04. The van der Waals surface area contributed by atoms with E-state index in [1.165, 1.54) is 0 Å². The van der Waals surface area contributed by atoms with Gasteiger partial charge in [0.15, 0.2) is 0 Å². The second-order valence-corrected chi connectivity index (χ2v) is 4.63. The summed E-state index contributed by atoms with van der Waals surface area (Å²) >= 11 is 17.6. The highest BCUT2D eigenvalue weighted by Gasteiger charge is 2.08. The molecule has 0 aliphatic rings. The lowest BCUT2D eigenvalue weighted by Gasteiger charge is -2.07. The summed E-state index contributed by atoms with van der Waals surface area (Å²) in [6.07, 6.45) is 0. The molecule has 0 aromatic carbocycles. The largest absolute Gasteiger partial charge is 0.465 e. The van der Waals surface area contributed by atoms with E-state index in [1.807, 2.05) is 19.1 Å². The number of nitrogens with one attached hydrogen (secondary N) is 1.